The summed E-state index contributed by atoms with van der Waals surface area (Å²) in [6.45, 7) is 2.82. The highest BCUT2D eigenvalue weighted by Gasteiger charge is 2.15. The molecule has 1 aromatic rings. The molecule has 0 radical (unpaired) electrons. The van der Waals surface area contributed by atoms with Gasteiger partial charge in [-0.3, -0.25) is 14.9 Å². The Balaban J connectivity index is 1.67. The number of nitrogens with zero attached hydrogens (tertiary/aromatic N) is 2. The Morgan fingerprint density at radius 1 is 1.19 bits per heavy atom. The van der Waals surface area contributed by atoms with Gasteiger partial charge in [-0.1, -0.05) is 12.1 Å². The number of carbonyl (C=O) groups is 1. The van der Waals surface area contributed by atoms with Gasteiger partial charge in [0.25, 0.3) is 5.69 Å². The molecule has 1 saturated heterocycles. The van der Waals surface area contributed by atoms with Crippen LogP contribution in [0.25, 0.3) is 0 Å². The molecule has 1 heterocycles. The van der Waals surface area contributed by atoms with Crippen molar-refractivity contribution in [3.05, 3.63) is 39.9 Å². The first-order valence-electron chi connectivity index (χ1n) is 7.38. The first-order chi connectivity index (χ1) is 10.2. The third-order valence-corrected chi connectivity index (χ3v) is 3.72. The minimum atomic E-state index is -0.403. The number of piperidine rings is 1. The summed E-state index contributed by atoms with van der Waals surface area (Å²) in [5, 5.41) is 13.7. The first kappa shape index (κ1) is 15.4. The van der Waals surface area contributed by atoms with Crippen LogP contribution in [-0.4, -0.2) is 41.9 Å². The molecule has 6 nitrogen and oxygen atoms in total. The fourth-order valence-electron chi connectivity index (χ4n) is 2.47. The molecule has 114 valence electrons. The zero-order chi connectivity index (χ0) is 15.1. The number of hydrogen-bond acceptors (Lipinski definition) is 4. The van der Waals surface area contributed by atoms with Crippen LogP contribution in [0.1, 0.15) is 24.8 Å². The Labute approximate surface area is 124 Å². The van der Waals surface area contributed by atoms with Crippen LogP contribution < -0.4 is 5.32 Å². The molecule has 0 saturated carbocycles. The van der Waals surface area contributed by atoms with Gasteiger partial charge in [-0.15, -0.1) is 0 Å². The molecule has 1 fully saturated rings. The topological polar surface area (TPSA) is 75.5 Å². The molecule has 0 spiro atoms. The summed E-state index contributed by atoms with van der Waals surface area (Å²) in [6, 6.07) is 6.53. The molecule has 1 amide bonds. The molecule has 0 unspecified atom stereocenters. The summed E-state index contributed by atoms with van der Waals surface area (Å²) in [4.78, 5) is 24.0. The molecule has 6 heteroatoms. The second kappa shape index (κ2) is 7.73. The number of nitro benzene ring substituents is 1. The van der Waals surface area contributed by atoms with Crippen LogP contribution in [0.2, 0.25) is 0 Å². The predicted octanol–water partition coefficient (Wildman–Crippen LogP) is 1.74. The molecule has 0 aromatic heterocycles. The largest absolute Gasteiger partial charge is 0.342 e. The zero-order valence-corrected chi connectivity index (χ0v) is 12.1. The highest BCUT2D eigenvalue weighted by atomic mass is 16.6. The summed E-state index contributed by atoms with van der Waals surface area (Å²) in [5.41, 5.74) is 1.13. The van der Waals surface area contributed by atoms with Gasteiger partial charge in [-0.25, -0.2) is 0 Å². The Morgan fingerprint density at radius 3 is 2.48 bits per heavy atom. The van der Waals surface area contributed by atoms with E-state index in [-0.39, 0.29) is 11.6 Å². The Morgan fingerprint density at radius 2 is 1.86 bits per heavy atom. The van der Waals surface area contributed by atoms with Crippen molar-refractivity contribution in [3.8, 4) is 0 Å². The van der Waals surface area contributed by atoms with Gasteiger partial charge in [0.05, 0.1) is 11.5 Å². The minimum absolute atomic E-state index is 0.104. The molecule has 0 bridgehead atoms. The van der Waals surface area contributed by atoms with Crippen LogP contribution in [-0.2, 0) is 11.2 Å². The van der Waals surface area contributed by atoms with Crippen molar-refractivity contribution in [1.29, 1.82) is 0 Å². The van der Waals surface area contributed by atoms with E-state index in [0.717, 1.165) is 37.9 Å². The maximum Gasteiger partial charge on any atom is 0.269 e. The van der Waals surface area contributed by atoms with E-state index in [1.165, 1.54) is 18.6 Å². The highest BCUT2D eigenvalue weighted by Crippen LogP contribution is 2.12. The standard InChI is InChI=1S/C15H21N3O3/c19-15(17-10-2-1-3-11-17)12-16-9-8-13-4-6-14(7-5-13)18(20)21/h4-7,16H,1-3,8-12H2. The van der Waals surface area contributed by atoms with Gasteiger partial charge < -0.3 is 10.2 Å². The van der Waals surface area contributed by atoms with Crippen molar-refractivity contribution in [3.63, 3.8) is 0 Å². The molecule has 1 aliphatic heterocycles. The number of hydrogen-bond donors (Lipinski definition) is 1. The van der Waals surface area contributed by atoms with E-state index in [9.17, 15) is 14.9 Å². The summed E-state index contributed by atoms with van der Waals surface area (Å²) in [7, 11) is 0. The third-order valence-electron chi connectivity index (χ3n) is 3.72. The number of likely N-dealkylation sites (tertiary alicyclic amines) is 1. The quantitative estimate of drug-likeness (QED) is 0.492. The number of carbonyl (C=O) groups excluding carboxylic acids is 1. The van der Waals surface area contributed by atoms with Crippen molar-refractivity contribution < 1.29 is 9.72 Å². The lowest BCUT2D eigenvalue weighted by atomic mass is 10.1. The van der Waals surface area contributed by atoms with E-state index in [0.29, 0.717) is 13.1 Å². The predicted molar refractivity (Wildman–Crippen MR) is 80.1 cm³/mol. The van der Waals surface area contributed by atoms with Crippen LogP contribution >= 0.6 is 0 Å². The normalized spacial score (nSPS) is 15.0. The van der Waals surface area contributed by atoms with Crippen molar-refractivity contribution in [2.75, 3.05) is 26.2 Å². The van der Waals surface area contributed by atoms with Crippen molar-refractivity contribution in [2.24, 2.45) is 0 Å². The maximum atomic E-state index is 11.9. The summed E-state index contributed by atoms with van der Waals surface area (Å²) in [6.07, 6.45) is 4.19. The Bertz CT molecular complexity index is 481. The lowest BCUT2D eigenvalue weighted by Crippen LogP contribution is -2.41. The summed E-state index contributed by atoms with van der Waals surface area (Å²) < 4.78 is 0. The van der Waals surface area contributed by atoms with Gasteiger partial charge in [0.1, 0.15) is 0 Å². The van der Waals surface area contributed by atoms with Gasteiger partial charge >= 0.3 is 0 Å². The second-order valence-electron chi connectivity index (χ2n) is 5.29. The third kappa shape index (κ3) is 4.82. The molecule has 2 rings (SSSR count). The van der Waals surface area contributed by atoms with Crippen LogP contribution in [0.15, 0.2) is 24.3 Å². The zero-order valence-electron chi connectivity index (χ0n) is 12.1. The molecule has 0 aliphatic carbocycles. The Hall–Kier alpha value is -1.95. The number of non-ortho nitro benzene ring substituents is 1. The minimum Gasteiger partial charge on any atom is -0.342 e. The fraction of sp³-hybridized carbons (Fsp3) is 0.533. The van der Waals surface area contributed by atoms with E-state index < -0.39 is 4.92 Å². The number of nitrogens with one attached hydrogen (secondary N) is 1. The first-order valence-corrected chi connectivity index (χ1v) is 7.38. The lowest BCUT2D eigenvalue weighted by Gasteiger charge is -2.26. The highest BCUT2D eigenvalue weighted by molar-refractivity contribution is 5.78. The van der Waals surface area contributed by atoms with Crippen LogP contribution in [0.3, 0.4) is 0 Å². The average molecular weight is 291 g/mol. The SMILES string of the molecule is O=C(CNCCc1ccc([N+](=O)[O-])cc1)N1CCCCC1. The van der Waals surface area contributed by atoms with Crippen LogP contribution in [0, 0.1) is 10.1 Å². The molecule has 0 atom stereocenters. The van der Waals surface area contributed by atoms with Crippen molar-refractivity contribution in [2.45, 2.75) is 25.7 Å². The number of nitro groups is 1. The van der Waals surface area contributed by atoms with Crippen LogP contribution in [0.5, 0.6) is 0 Å². The van der Waals surface area contributed by atoms with Gasteiger partial charge in [0, 0.05) is 25.2 Å². The van der Waals surface area contributed by atoms with E-state index in [1.54, 1.807) is 12.1 Å². The van der Waals surface area contributed by atoms with Gasteiger partial charge in [0.2, 0.25) is 5.91 Å². The monoisotopic (exact) mass is 291 g/mol. The molecule has 21 heavy (non-hydrogen) atoms. The fourth-order valence-corrected chi connectivity index (χ4v) is 2.47. The van der Waals surface area contributed by atoms with Crippen molar-refractivity contribution >= 4 is 11.6 Å². The van der Waals surface area contributed by atoms with Gasteiger partial charge in [-0.2, -0.15) is 0 Å². The van der Waals surface area contributed by atoms with E-state index in [4.69, 9.17) is 0 Å². The number of benzene rings is 1. The average Bonchev–Trinajstić information content (AvgIpc) is 2.52. The molecule has 1 aromatic carbocycles. The number of rotatable bonds is 6. The summed E-state index contributed by atoms with van der Waals surface area (Å²) in [5.74, 6) is 0.165. The molecule has 1 N–H and O–H groups in total. The van der Waals surface area contributed by atoms with E-state index in [1.807, 2.05) is 4.90 Å². The lowest BCUT2D eigenvalue weighted by molar-refractivity contribution is -0.384. The maximum absolute atomic E-state index is 11.9. The van der Waals surface area contributed by atoms with Crippen molar-refractivity contribution in [1.82, 2.24) is 10.2 Å². The summed E-state index contributed by atoms with van der Waals surface area (Å²) >= 11 is 0. The molecular formula is C15H21N3O3. The second-order valence-corrected chi connectivity index (χ2v) is 5.29. The molecular weight excluding hydrogens is 270 g/mol. The smallest absolute Gasteiger partial charge is 0.269 e. The number of amides is 1. The Kier molecular flexibility index (Phi) is 5.68. The van der Waals surface area contributed by atoms with Gasteiger partial charge in [0.15, 0.2) is 0 Å². The van der Waals surface area contributed by atoms with E-state index >= 15 is 0 Å². The van der Waals surface area contributed by atoms with Gasteiger partial charge in [-0.05, 0) is 37.8 Å². The van der Waals surface area contributed by atoms with Crippen LogP contribution in [0.4, 0.5) is 5.69 Å². The molecule has 1 aliphatic rings. The van der Waals surface area contributed by atoms with E-state index in [2.05, 4.69) is 5.32 Å².